The van der Waals surface area contributed by atoms with Crippen molar-refractivity contribution in [3.8, 4) is 11.4 Å². The van der Waals surface area contributed by atoms with Crippen LogP contribution in [-0.2, 0) is 21.2 Å². The third kappa shape index (κ3) is 4.07. The first-order chi connectivity index (χ1) is 15.8. The van der Waals surface area contributed by atoms with Gasteiger partial charge in [-0.1, -0.05) is 23.7 Å². The number of sulfonamides is 1. The molecule has 1 aliphatic heterocycles. The third-order valence-corrected chi connectivity index (χ3v) is 7.43. The predicted octanol–water partition coefficient (Wildman–Crippen LogP) is 4.98. The molecule has 0 saturated heterocycles. The van der Waals surface area contributed by atoms with Crippen molar-refractivity contribution >= 4 is 49.9 Å². The number of aromatic amines is 1. The van der Waals surface area contributed by atoms with E-state index < -0.39 is 10.0 Å². The molecule has 1 aliphatic rings. The van der Waals surface area contributed by atoms with Gasteiger partial charge in [-0.15, -0.1) is 0 Å². The molecule has 7 nitrogen and oxygen atoms in total. The van der Waals surface area contributed by atoms with Crippen molar-refractivity contribution in [2.75, 3.05) is 16.2 Å². The fourth-order valence-corrected chi connectivity index (χ4v) is 5.46. The topological polar surface area (TPSA) is 95.2 Å². The highest BCUT2D eigenvalue weighted by atomic mass is 35.5. The van der Waals surface area contributed by atoms with Gasteiger partial charge < -0.3 is 9.88 Å². The second-order valence-corrected chi connectivity index (χ2v) is 10.1. The van der Waals surface area contributed by atoms with Crippen LogP contribution in [0.5, 0.6) is 0 Å². The minimum absolute atomic E-state index is 0.0475. The summed E-state index contributed by atoms with van der Waals surface area (Å²) in [6.45, 7) is 2.16. The first kappa shape index (κ1) is 21.5. The number of benzene rings is 3. The molecule has 4 aromatic rings. The van der Waals surface area contributed by atoms with Crippen LogP contribution in [0.2, 0.25) is 5.02 Å². The van der Waals surface area contributed by atoms with Crippen LogP contribution in [0.1, 0.15) is 18.9 Å². The van der Waals surface area contributed by atoms with Crippen LogP contribution in [0.4, 0.5) is 11.4 Å². The van der Waals surface area contributed by atoms with Crippen molar-refractivity contribution in [1.29, 1.82) is 0 Å². The summed E-state index contributed by atoms with van der Waals surface area (Å²) >= 11 is 6.28. The van der Waals surface area contributed by atoms with Crippen LogP contribution >= 0.6 is 11.6 Å². The van der Waals surface area contributed by atoms with Crippen LogP contribution in [0.25, 0.3) is 22.4 Å². The molecule has 0 bridgehead atoms. The fourth-order valence-electron chi connectivity index (χ4n) is 4.14. The van der Waals surface area contributed by atoms with Crippen molar-refractivity contribution in [1.82, 2.24) is 9.97 Å². The molecule has 2 heterocycles. The van der Waals surface area contributed by atoms with E-state index in [1.54, 1.807) is 41.3 Å². The number of H-pyrrole nitrogens is 1. The fraction of sp³-hybridized carbons (Fsp3) is 0.167. The molecule has 1 aromatic heterocycles. The van der Waals surface area contributed by atoms with Crippen LogP contribution in [0.3, 0.4) is 0 Å². The molecule has 5 rings (SSSR count). The summed E-state index contributed by atoms with van der Waals surface area (Å²) in [5.41, 5.74) is 4.20. The number of aryl methyl sites for hydroxylation is 1. The zero-order chi connectivity index (χ0) is 23.2. The van der Waals surface area contributed by atoms with Gasteiger partial charge in [0.2, 0.25) is 5.91 Å². The van der Waals surface area contributed by atoms with Gasteiger partial charge >= 0.3 is 0 Å². The van der Waals surface area contributed by atoms with Gasteiger partial charge in [0, 0.05) is 24.7 Å². The van der Waals surface area contributed by atoms with E-state index in [1.165, 1.54) is 13.0 Å². The van der Waals surface area contributed by atoms with E-state index in [0.29, 0.717) is 34.1 Å². The van der Waals surface area contributed by atoms with E-state index >= 15 is 0 Å². The standard InChI is InChI=1S/C24H21ClN4O3S/c1-15(30)29-12-4-5-16-13-18(9-11-23(16)29)33(31,32)28-17-8-10-21-22(14-17)27-24(26-21)19-6-2-3-7-20(19)25/h2-3,6-11,13-14,28H,4-5,12H2,1H3,(H,26,27). The van der Waals surface area contributed by atoms with Gasteiger partial charge in [0.1, 0.15) is 5.82 Å². The number of hydrogen-bond donors (Lipinski definition) is 2. The Morgan fingerprint density at radius 1 is 1.12 bits per heavy atom. The number of imidazole rings is 1. The van der Waals surface area contributed by atoms with E-state index in [4.69, 9.17) is 11.6 Å². The number of fused-ring (bicyclic) bond motifs is 2. The number of amides is 1. The average Bonchev–Trinajstić information content (AvgIpc) is 3.21. The Balaban J connectivity index is 1.44. The Morgan fingerprint density at radius 3 is 2.73 bits per heavy atom. The van der Waals surface area contributed by atoms with E-state index in [-0.39, 0.29) is 10.8 Å². The lowest BCUT2D eigenvalue weighted by Crippen LogP contribution is -2.33. The lowest BCUT2D eigenvalue weighted by molar-refractivity contribution is -0.116. The van der Waals surface area contributed by atoms with Crippen LogP contribution in [0.15, 0.2) is 65.6 Å². The summed E-state index contributed by atoms with van der Waals surface area (Å²) in [4.78, 5) is 21.5. The average molecular weight is 481 g/mol. The Kier molecular flexibility index (Phi) is 5.34. The Labute approximate surface area is 196 Å². The minimum atomic E-state index is -3.81. The number of carbonyl (C=O) groups excluding carboxylic acids is 1. The van der Waals surface area contributed by atoms with Gasteiger partial charge in [0.25, 0.3) is 10.0 Å². The third-order valence-electron chi connectivity index (χ3n) is 5.72. The lowest BCUT2D eigenvalue weighted by Gasteiger charge is -2.28. The molecule has 2 N–H and O–H groups in total. The number of nitrogens with zero attached hydrogens (tertiary/aromatic N) is 2. The molecule has 1 amide bonds. The molecule has 0 spiro atoms. The highest BCUT2D eigenvalue weighted by molar-refractivity contribution is 7.92. The molecule has 9 heteroatoms. The van der Waals surface area contributed by atoms with E-state index in [2.05, 4.69) is 14.7 Å². The van der Waals surface area contributed by atoms with Gasteiger partial charge in [-0.3, -0.25) is 9.52 Å². The van der Waals surface area contributed by atoms with Gasteiger partial charge in [-0.05, 0) is 66.9 Å². The maximum Gasteiger partial charge on any atom is 0.261 e. The summed E-state index contributed by atoms with van der Waals surface area (Å²) in [6, 6.07) is 17.4. The molecule has 3 aromatic carbocycles. The monoisotopic (exact) mass is 480 g/mol. The highest BCUT2D eigenvalue weighted by Gasteiger charge is 2.23. The van der Waals surface area contributed by atoms with E-state index in [9.17, 15) is 13.2 Å². The van der Waals surface area contributed by atoms with E-state index in [1.807, 2.05) is 18.2 Å². The molecular formula is C24H21ClN4O3S. The second kappa shape index (κ2) is 8.20. The minimum Gasteiger partial charge on any atom is -0.338 e. The molecule has 0 unspecified atom stereocenters. The zero-order valence-corrected chi connectivity index (χ0v) is 19.4. The molecule has 0 saturated carbocycles. The highest BCUT2D eigenvalue weighted by Crippen LogP contribution is 2.31. The van der Waals surface area contributed by atoms with Crippen LogP contribution in [-0.4, -0.2) is 30.8 Å². The van der Waals surface area contributed by atoms with Crippen LogP contribution in [0, 0.1) is 0 Å². The molecule has 33 heavy (non-hydrogen) atoms. The lowest BCUT2D eigenvalue weighted by atomic mass is 10.0. The number of carbonyl (C=O) groups is 1. The number of aromatic nitrogens is 2. The summed E-state index contributed by atoms with van der Waals surface area (Å²) in [6.07, 6.45) is 1.53. The van der Waals surface area contributed by atoms with Gasteiger partial charge in [0.05, 0.1) is 26.6 Å². The molecule has 0 aliphatic carbocycles. The smallest absolute Gasteiger partial charge is 0.261 e. The number of nitrogens with one attached hydrogen (secondary N) is 2. The molecular weight excluding hydrogens is 460 g/mol. The van der Waals surface area contributed by atoms with Crippen molar-refractivity contribution in [3.05, 3.63) is 71.2 Å². The molecule has 168 valence electrons. The zero-order valence-electron chi connectivity index (χ0n) is 17.8. The normalized spacial score (nSPS) is 13.7. The summed E-state index contributed by atoms with van der Waals surface area (Å²) < 4.78 is 28.8. The number of rotatable bonds is 4. The Hall–Kier alpha value is -3.36. The summed E-state index contributed by atoms with van der Waals surface area (Å²) in [5.74, 6) is 0.564. The maximum absolute atomic E-state index is 13.1. The largest absolute Gasteiger partial charge is 0.338 e. The molecule has 0 radical (unpaired) electrons. The summed E-state index contributed by atoms with van der Waals surface area (Å²) in [5, 5.41) is 0.577. The summed E-state index contributed by atoms with van der Waals surface area (Å²) in [7, 11) is -3.81. The van der Waals surface area contributed by atoms with Gasteiger partial charge in [-0.2, -0.15) is 0 Å². The van der Waals surface area contributed by atoms with E-state index in [0.717, 1.165) is 29.7 Å². The Bertz CT molecular complexity index is 1500. The number of hydrogen-bond acceptors (Lipinski definition) is 4. The SMILES string of the molecule is CC(=O)N1CCCc2cc(S(=O)(=O)Nc3ccc4nc(-c5ccccc5Cl)[nH]c4c3)ccc21. The van der Waals surface area contributed by atoms with Crippen molar-refractivity contribution in [3.63, 3.8) is 0 Å². The van der Waals surface area contributed by atoms with Crippen molar-refractivity contribution < 1.29 is 13.2 Å². The number of halogens is 1. The molecule has 0 fully saturated rings. The van der Waals surface area contributed by atoms with Gasteiger partial charge in [0.15, 0.2) is 0 Å². The quantitative estimate of drug-likeness (QED) is 0.430. The molecule has 0 atom stereocenters. The number of anilines is 2. The van der Waals surface area contributed by atoms with Crippen LogP contribution < -0.4 is 9.62 Å². The van der Waals surface area contributed by atoms with Crippen molar-refractivity contribution in [2.24, 2.45) is 0 Å². The maximum atomic E-state index is 13.1. The predicted molar refractivity (Wildman–Crippen MR) is 130 cm³/mol. The first-order valence-corrected chi connectivity index (χ1v) is 12.4. The van der Waals surface area contributed by atoms with Gasteiger partial charge in [-0.25, -0.2) is 13.4 Å². The first-order valence-electron chi connectivity index (χ1n) is 10.5. The Morgan fingerprint density at radius 2 is 1.94 bits per heavy atom. The second-order valence-electron chi connectivity index (χ2n) is 7.97. The van der Waals surface area contributed by atoms with Crippen molar-refractivity contribution in [2.45, 2.75) is 24.7 Å².